The van der Waals surface area contributed by atoms with Crippen molar-refractivity contribution < 1.29 is 18.0 Å². The van der Waals surface area contributed by atoms with Crippen molar-refractivity contribution in [3.05, 3.63) is 53.9 Å². The van der Waals surface area contributed by atoms with E-state index in [1.165, 1.54) is 14.1 Å². The third kappa shape index (κ3) is 2.06. The van der Waals surface area contributed by atoms with Gasteiger partial charge in [0.25, 0.3) is 5.91 Å². The molecule has 0 saturated carbocycles. The van der Waals surface area contributed by atoms with Gasteiger partial charge in [-0.1, -0.05) is 36.4 Å². The lowest BCUT2D eigenvalue weighted by molar-refractivity contribution is -0.114. The standard InChI is InChI=1S/C20H19N3O4S/c1-12(2)28(26,27)21-11-14-10-17(21)18-19(24)23(20(25)22(14)18)16-9-5-7-13-6-3-4-8-15(13)16/h3-9,12,14H,10-11H2,1-2H3. The molecule has 3 heterocycles. The first-order chi connectivity index (χ1) is 13.3. The Bertz CT molecular complexity index is 1180. The first-order valence-electron chi connectivity index (χ1n) is 9.22. The van der Waals surface area contributed by atoms with Gasteiger partial charge in [0.2, 0.25) is 10.0 Å². The summed E-state index contributed by atoms with van der Waals surface area (Å²) < 4.78 is 26.7. The summed E-state index contributed by atoms with van der Waals surface area (Å²) in [5, 5.41) is 1.14. The van der Waals surface area contributed by atoms with Gasteiger partial charge in [0.15, 0.2) is 0 Å². The van der Waals surface area contributed by atoms with E-state index in [0.717, 1.165) is 10.8 Å². The zero-order valence-corrected chi connectivity index (χ0v) is 16.3. The SMILES string of the molecule is CC(C)S(=O)(=O)N1CC2CC1=C1C(=O)N(c3cccc4ccccc34)C(=O)N12. The number of hydrogen-bond acceptors (Lipinski definition) is 4. The molecule has 2 bridgehead atoms. The Kier molecular flexibility index (Phi) is 3.43. The molecule has 3 aliphatic heterocycles. The Morgan fingerprint density at radius 2 is 1.75 bits per heavy atom. The molecule has 3 aliphatic rings. The van der Waals surface area contributed by atoms with Crippen LogP contribution in [0.3, 0.4) is 0 Å². The lowest BCUT2D eigenvalue weighted by Crippen LogP contribution is -2.44. The van der Waals surface area contributed by atoms with Crippen molar-refractivity contribution >= 4 is 38.4 Å². The maximum absolute atomic E-state index is 13.3. The summed E-state index contributed by atoms with van der Waals surface area (Å²) in [4.78, 5) is 29.1. The molecule has 2 aromatic rings. The highest BCUT2D eigenvalue weighted by Gasteiger charge is 2.57. The van der Waals surface area contributed by atoms with Crippen LogP contribution < -0.4 is 4.90 Å². The molecule has 0 N–H and O–H groups in total. The maximum atomic E-state index is 13.3. The minimum atomic E-state index is -3.54. The smallest absolute Gasteiger partial charge is 0.282 e. The van der Waals surface area contributed by atoms with Crippen LogP contribution in [0, 0.1) is 0 Å². The third-order valence-electron chi connectivity index (χ3n) is 5.70. The molecular weight excluding hydrogens is 378 g/mol. The summed E-state index contributed by atoms with van der Waals surface area (Å²) in [5.74, 6) is -0.456. The zero-order valence-electron chi connectivity index (χ0n) is 15.5. The number of imide groups is 1. The van der Waals surface area contributed by atoms with Gasteiger partial charge in [-0.15, -0.1) is 0 Å². The normalized spacial score (nSPS) is 21.7. The largest absolute Gasteiger partial charge is 0.336 e. The second-order valence-corrected chi connectivity index (χ2v) is 9.98. The van der Waals surface area contributed by atoms with E-state index in [9.17, 15) is 18.0 Å². The van der Waals surface area contributed by atoms with Crippen LogP contribution in [-0.2, 0) is 14.8 Å². The van der Waals surface area contributed by atoms with E-state index in [1.807, 2.05) is 36.4 Å². The number of hydrogen-bond donors (Lipinski definition) is 0. The average molecular weight is 397 g/mol. The Morgan fingerprint density at radius 3 is 2.50 bits per heavy atom. The van der Waals surface area contributed by atoms with Gasteiger partial charge in [0.1, 0.15) is 5.70 Å². The van der Waals surface area contributed by atoms with Crippen LogP contribution in [0.4, 0.5) is 10.5 Å². The summed E-state index contributed by atoms with van der Waals surface area (Å²) in [7, 11) is -3.54. The summed E-state index contributed by atoms with van der Waals surface area (Å²) in [5.41, 5.74) is 1.17. The number of nitrogens with zero attached hydrogens (tertiary/aromatic N) is 3. The second-order valence-electron chi connectivity index (χ2n) is 7.57. The van der Waals surface area contributed by atoms with Crippen molar-refractivity contribution in [2.24, 2.45) is 0 Å². The molecule has 3 amide bonds. The number of carbonyl (C=O) groups excluding carboxylic acids is 2. The highest BCUT2D eigenvalue weighted by Crippen LogP contribution is 2.46. The van der Waals surface area contributed by atoms with Gasteiger partial charge >= 0.3 is 6.03 Å². The minimum Gasteiger partial charge on any atom is -0.282 e. The van der Waals surface area contributed by atoms with Crippen LogP contribution in [-0.4, -0.2) is 47.4 Å². The van der Waals surface area contributed by atoms with Gasteiger partial charge < -0.3 is 0 Å². The van der Waals surface area contributed by atoms with Crippen molar-refractivity contribution in [2.45, 2.75) is 31.6 Å². The number of fused-ring (bicyclic) bond motifs is 5. The fraction of sp³-hybridized carbons (Fsp3) is 0.300. The van der Waals surface area contributed by atoms with Crippen molar-refractivity contribution in [1.29, 1.82) is 0 Å². The molecule has 2 saturated heterocycles. The van der Waals surface area contributed by atoms with Crippen LogP contribution in [0.2, 0.25) is 0 Å². The molecular formula is C20H19N3O4S. The topological polar surface area (TPSA) is 78.0 Å². The summed E-state index contributed by atoms with van der Waals surface area (Å²) in [6.45, 7) is 3.45. The summed E-state index contributed by atoms with van der Waals surface area (Å²) in [6, 6.07) is 12.3. The van der Waals surface area contributed by atoms with E-state index in [-0.39, 0.29) is 18.3 Å². The van der Waals surface area contributed by atoms with E-state index >= 15 is 0 Å². The molecule has 28 heavy (non-hydrogen) atoms. The molecule has 7 nitrogen and oxygen atoms in total. The Balaban J connectivity index is 1.64. The molecule has 0 aromatic heterocycles. The van der Waals surface area contributed by atoms with Gasteiger partial charge in [-0.05, 0) is 25.3 Å². The predicted octanol–water partition coefficient (Wildman–Crippen LogP) is 2.65. The summed E-state index contributed by atoms with van der Waals surface area (Å²) in [6.07, 6.45) is 0.405. The minimum absolute atomic E-state index is 0.207. The van der Waals surface area contributed by atoms with Crippen molar-refractivity contribution in [1.82, 2.24) is 9.21 Å². The number of anilines is 1. The number of amides is 3. The molecule has 1 atom stereocenters. The molecule has 5 rings (SSSR count). The molecule has 2 fully saturated rings. The number of rotatable bonds is 3. The molecule has 0 spiro atoms. The highest BCUT2D eigenvalue weighted by molar-refractivity contribution is 7.89. The first kappa shape index (κ1) is 17.2. The van der Waals surface area contributed by atoms with Crippen LogP contribution >= 0.6 is 0 Å². The molecule has 0 radical (unpaired) electrons. The van der Waals surface area contributed by atoms with Crippen molar-refractivity contribution in [3.8, 4) is 0 Å². The molecule has 2 aromatic carbocycles. The highest BCUT2D eigenvalue weighted by atomic mass is 32.2. The van der Waals surface area contributed by atoms with Crippen LogP contribution in [0.25, 0.3) is 10.8 Å². The van der Waals surface area contributed by atoms with E-state index < -0.39 is 27.2 Å². The van der Waals surface area contributed by atoms with Crippen molar-refractivity contribution in [2.75, 3.05) is 11.4 Å². The zero-order chi connectivity index (χ0) is 19.8. The Labute approximate surface area is 162 Å². The number of sulfonamides is 1. The molecule has 144 valence electrons. The monoisotopic (exact) mass is 397 g/mol. The number of benzene rings is 2. The van der Waals surface area contributed by atoms with E-state index in [1.54, 1.807) is 19.9 Å². The van der Waals surface area contributed by atoms with Gasteiger partial charge in [0, 0.05) is 11.8 Å². The van der Waals surface area contributed by atoms with Crippen molar-refractivity contribution in [3.63, 3.8) is 0 Å². The Morgan fingerprint density at radius 1 is 1.04 bits per heavy atom. The lowest BCUT2D eigenvalue weighted by Gasteiger charge is -2.29. The van der Waals surface area contributed by atoms with Crippen LogP contribution in [0.15, 0.2) is 53.9 Å². The van der Waals surface area contributed by atoms with Crippen LogP contribution in [0.1, 0.15) is 20.3 Å². The van der Waals surface area contributed by atoms with Gasteiger partial charge in [-0.3, -0.25) is 14.0 Å². The van der Waals surface area contributed by atoms with E-state index in [2.05, 4.69) is 0 Å². The van der Waals surface area contributed by atoms with Crippen LogP contribution in [0.5, 0.6) is 0 Å². The maximum Gasteiger partial charge on any atom is 0.336 e. The molecule has 8 heteroatoms. The number of urea groups is 1. The third-order valence-corrected chi connectivity index (χ3v) is 7.87. The van der Waals surface area contributed by atoms with E-state index in [4.69, 9.17) is 0 Å². The van der Waals surface area contributed by atoms with E-state index in [0.29, 0.717) is 17.8 Å². The quantitative estimate of drug-likeness (QED) is 0.746. The predicted molar refractivity (Wildman–Crippen MR) is 105 cm³/mol. The van der Waals surface area contributed by atoms with Gasteiger partial charge in [0.05, 0.1) is 29.2 Å². The molecule has 1 unspecified atom stereocenters. The fourth-order valence-electron chi connectivity index (χ4n) is 4.31. The second kappa shape index (κ2) is 5.57. The van der Waals surface area contributed by atoms with Gasteiger partial charge in [-0.2, -0.15) is 0 Å². The lowest BCUT2D eigenvalue weighted by atomic mass is 10.1. The molecule has 0 aliphatic carbocycles. The fourth-order valence-corrected chi connectivity index (χ4v) is 5.66. The average Bonchev–Trinajstić information content (AvgIpc) is 3.33. The first-order valence-corrected chi connectivity index (χ1v) is 10.7. The Hall–Kier alpha value is -2.87. The summed E-state index contributed by atoms with van der Waals surface area (Å²) >= 11 is 0. The van der Waals surface area contributed by atoms with Gasteiger partial charge in [-0.25, -0.2) is 18.1 Å². The number of carbonyl (C=O) groups is 2.